The first-order valence-corrected chi connectivity index (χ1v) is 7.60. The molecule has 1 aromatic carbocycles. The molecule has 1 saturated heterocycles. The summed E-state index contributed by atoms with van der Waals surface area (Å²) < 4.78 is 18.1. The third-order valence-corrected chi connectivity index (χ3v) is 3.67. The topological polar surface area (TPSA) is 50.4 Å². The summed E-state index contributed by atoms with van der Waals surface area (Å²) in [6.45, 7) is 3.39. The van der Waals surface area contributed by atoms with E-state index in [-0.39, 0.29) is 24.1 Å². The summed E-state index contributed by atoms with van der Waals surface area (Å²) in [5.74, 6) is 1.13. The van der Waals surface area contributed by atoms with Crippen molar-refractivity contribution in [2.24, 2.45) is 5.92 Å². The minimum Gasteiger partial charge on any atom is -0.494 e. The Balaban J connectivity index is 0.00000242. The lowest BCUT2D eigenvalue weighted by Gasteiger charge is -2.09. The average molecular weight is 331 g/mol. The molecule has 1 amide bonds. The van der Waals surface area contributed by atoms with Crippen molar-refractivity contribution in [2.75, 3.05) is 26.2 Å². The highest BCUT2D eigenvalue weighted by Gasteiger charge is 2.13. The number of halogens is 2. The molecule has 22 heavy (non-hydrogen) atoms. The van der Waals surface area contributed by atoms with Crippen molar-refractivity contribution in [1.82, 2.24) is 10.6 Å². The van der Waals surface area contributed by atoms with E-state index in [0.717, 1.165) is 26.1 Å². The number of rotatable bonds is 8. The van der Waals surface area contributed by atoms with Crippen molar-refractivity contribution in [2.45, 2.75) is 25.7 Å². The standard InChI is InChI=1S/C16H23FN2O2.ClH/c17-14-3-5-15(6-4-14)21-11-1-2-16(20)19-10-8-13-7-9-18-12-13;/h3-6,13,18H,1-2,7-12H2,(H,19,20);1H. The van der Waals surface area contributed by atoms with Crippen LogP contribution in [0.25, 0.3) is 0 Å². The number of hydrogen-bond donors (Lipinski definition) is 2. The van der Waals surface area contributed by atoms with Crippen molar-refractivity contribution in [3.8, 4) is 5.75 Å². The molecular weight excluding hydrogens is 307 g/mol. The summed E-state index contributed by atoms with van der Waals surface area (Å²) in [6, 6.07) is 5.90. The largest absolute Gasteiger partial charge is 0.494 e. The molecule has 4 nitrogen and oxygen atoms in total. The van der Waals surface area contributed by atoms with Crippen molar-refractivity contribution < 1.29 is 13.9 Å². The maximum absolute atomic E-state index is 12.7. The van der Waals surface area contributed by atoms with Gasteiger partial charge in [-0.05, 0) is 62.5 Å². The van der Waals surface area contributed by atoms with Gasteiger partial charge in [0, 0.05) is 13.0 Å². The van der Waals surface area contributed by atoms with Gasteiger partial charge in [-0.3, -0.25) is 4.79 Å². The zero-order valence-corrected chi connectivity index (χ0v) is 13.5. The Labute approximate surface area is 137 Å². The second-order valence-corrected chi connectivity index (χ2v) is 5.40. The van der Waals surface area contributed by atoms with E-state index < -0.39 is 0 Å². The highest BCUT2D eigenvalue weighted by Crippen LogP contribution is 2.12. The van der Waals surface area contributed by atoms with Gasteiger partial charge in [-0.1, -0.05) is 0 Å². The normalized spacial score (nSPS) is 16.9. The van der Waals surface area contributed by atoms with Crippen molar-refractivity contribution in [3.63, 3.8) is 0 Å². The van der Waals surface area contributed by atoms with Gasteiger partial charge in [0.25, 0.3) is 0 Å². The fourth-order valence-electron chi connectivity index (χ4n) is 2.42. The van der Waals surface area contributed by atoms with Crippen LogP contribution in [0.5, 0.6) is 5.75 Å². The van der Waals surface area contributed by atoms with Crippen LogP contribution in [0.15, 0.2) is 24.3 Å². The molecule has 2 rings (SSSR count). The SMILES string of the molecule is Cl.O=C(CCCOc1ccc(F)cc1)NCCC1CCNC1. The van der Waals surface area contributed by atoms with Gasteiger partial charge >= 0.3 is 0 Å². The molecule has 1 atom stereocenters. The van der Waals surface area contributed by atoms with E-state index in [0.29, 0.717) is 31.1 Å². The molecule has 0 bridgehead atoms. The smallest absolute Gasteiger partial charge is 0.220 e. The van der Waals surface area contributed by atoms with E-state index in [2.05, 4.69) is 10.6 Å². The molecule has 1 heterocycles. The van der Waals surface area contributed by atoms with Crippen LogP contribution in [-0.4, -0.2) is 32.1 Å². The number of carbonyl (C=O) groups is 1. The van der Waals surface area contributed by atoms with Crippen LogP contribution < -0.4 is 15.4 Å². The highest BCUT2D eigenvalue weighted by molar-refractivity contribution is 5.85. The lowest BCUT2D eigenvalue weighted by Crippen LogP contribution is -2.26. The van der Waals surface area contributed by atoms with Gasteiger partial charge < -0.3 is 15.4 Å². The molecule has 1 unspecified atom stereocenters. The molecule has 124 valence electrons. The number of carbonyl (C=O) groups excluding carboxylic acids is 1. The maximum Gasteiger partial charge on any atom is 0.220 e. The summed E-state index contributed by atoms with van der Waals surface area (Å²) in [4.78, 5) is 11.6. The summed E-state index contributed by atoms with van der Waals surface area (Å²) >= 11 is 0. The van der Waals surface area contributed by atoms with Gasteiger partial charge in [0.05, 0.1) is 6.61 Å². The highest BCUT2D eigenvalue weighted by atomic mass is 35.5. The first kappa shape index (κ1) is 18.7. The summed E-state index contributed by atoms with van der Waals surface area (Å²) in [6.07, 6.45) is 3.38. The monoisotopic (exact) mass is 330 g/mol. The summed E-state index contributed by atoms with van der Waals surface area (Å²) in [5, 5.41) is 6.26. The maximum atomic E-state index is 12.7. The van der Waals surface area contributed by atoms with E-state index in [1.54, 1.807) is 12.1 Å². The Hall–Kier alpha value is -1.33. The van der Waals surface area contributed by atoms with Gasteiger partial charge in [-0.25, -0.2) is 4.39 Å². The molecular formula is C16H24ClFN2O2. The number of hydrogen-bond acceptors (Lipinski definition) is 3. The van der Waals surface area contributed by atoms with Crippen LogP contribution in [0.1, 0.15) is 25.7 Å². The van der Waals surface area contributed by atoms with Crippen LogP contribution >= 0.6 is 12.4 Å². The molecule has 0 aromatic heterocycles. The van der Waals surface area contributed by atoms with Gasteiger partial charge in [0.2, 0.25) is 5.91 Å². The van der Waals surface area contributed by atoms with Gasteiger partial charge in [0.1, 0.15) is 11.6 Å². The quantitative estimate of drug-likeness (QED) is 0.720. The second kappa shape index (κ2) is 10.4. The molecule has 1 aliphatic heterocycles. The Morgan fingerprint density at radius 2 is 2.14 bits per heavy atom. The predicted octanol–water partition coefficient (Wildman–Crippen LogP) is 2.52. The molecule has 6 heteroatoms. The minimum atomic E-state index is -0.279. The van der Waals surface area contributed by atoms with Gasteiger partial charge in [-0.2, -0.15) is 0 Å². The van der Waals surface area contributed by atoms with Crippen molar-refractivity contribution >= 4 is 18.3 Å². The fourth-order valence-corrected chi connectivity index (χ4v) is 2.42. The molecule has 1 fully saturated rings. The van der Waals surface area contributed by atoms with Crippen LogP contribution in [0.2, 0.25) is 0 Å². The van der Waals surface area contributed by atoms with Gasteiger partial charge in [-0.15, -0.1) is 12.4 Å². The zero-order chi connectivity index (χ0) is 14.9. The van der Waals surface area contributed by atoms with E-state index >= 15 is 0 Å². The molecule has 1 aliphatic rings. The zero-order valence-electron chi connectivity index (χ0n) is 12.6. The third-order valence-electron chi connectivity index (χ3n) is 3.67. The first-order chi connectivity index (χ1) is 10.2. The molecule has 0 radical (unpaired) electrons. The predicted molar refractivity (Wildman–Crippen MR) is 87.0 cm³/mol. The van der Waals surface area contributed by atoms with E-state index in [9.17, 15) is 9.18 Å². The van der Waals surface area contributed by atoms with E-state index in [4.69, 9.17) is 4.74 Å². The fraction of sp³-hybridized carbons (Fsp3) is 0.562. The molecule has 1 aromatic rings. The lowest BCUT2D eigenvalue weighted by atomic mass is 10.1. The van der Waals surface area contributed by atoms with Crippen molar-refractivity contribution in [3.05, 3.63) is 30.1 Å². The minimum absolute atomic E-state index is 0. The third kappa shape index (κ3) is 7.09. The summed E-state index contributed by atoms with van der Waals surface area (Å²) in [5.41, 5.74) is 0. The van der Waals surface area contributed by atoms with E-state index in [1.165, 1.54) is 18.6 Å². The van der Waals surface area contributed by atoms with E-state index in [1.807, 2.05) is 0 Å². The lowest BCUT2D eigenvalue weighted by molar-refractivity contribution is -0.121. The van der Waals surface area contributed by atoms with Gasteiger partial charge in [0.15, 0.2) is 0 Å². The number of amides is 1. The van der Waals surface area contributed by atoms with Crippen LogP contribution in [0.4, 0.5) is 4.39 Å². The van der Waals surface area contributed by atoms with Crippen molar-refractivity contribution in [1.29, 1.82) is 0 Å². The number of benzene rings is 1. The van der Waals surface area contributed by atoms with Crippen LogP contribution in [0, 0.1) is 11.7 Å². The van der Waals surface area contributed by atoms with Crippen LogP contribution in [0.3, 0.4) is 0 Å². The second-order valence-electron chi connectivity index (χ2n) is 5.40. The summed E-state index contributed by atoms with van der Waals surface area (Å²) in [7, 11) is 0. The Bertz CT molecular complexity index is 436. The first-order valence-electron chi connectivity index (χ1n) is 7.60. The average Bonchev–Trinajstić information content (AvgIpc) is 2.99. The Morgan fingerprint density at radius 1 is 1.36 bits per heavy atom. The molecule has 0 aliphatic carbocycles. The van der Waals surface area contributed by atoms with Crippen LogP contribution in [-0.2, 0) is 4.79 Å². The molecule has 0 saturated carbocycles. The Morgan fingerprint density at radius 3 is 2.82 bits per heavy atom. The number of ether oxygens (including phenoxy) is 1. The molecule has 2 N–H and O–H groups in total. The Kier molecular flexibility index (Phi) is 8.85. The molecule has 0 spiro atoms. The number of nitrogens with one attached hydrogen (secondary N) is 2.